The second-order valence-corrected chi connectivity index (χ2v) is 18.4. The van der Waals surface area contributed by atoms with Crippen LogP contribution in [0.5, 0.6) is 0 Å². The summed E-state index contributed by atoms with van der Waals surface area (Å²) in [6.07, 6.45) is 6.96. The van der Waals surface area contributed by atoms with Gasteiger partial charge in [-0.2, -0.15) is 0 Å². The van der Waals surface area contributed by atoms with E-state index in [0.29, 0.717) is 0 Å². The zero-order valence-electron chi connectivity index (χ0n) is 35.7. The average Bonchev–Trinajstić information content (AvgIpc) is 3.88. The molecule has 0 bridgehead atoms. The molecule has 12 rings (SSSR count). The van der Waals surface area contributed by atoms with Crippen LogP contribution in [-0.4, -0.2) is 0 Å². The van der Waals surface area contributed by atoms with Gasteiger partial charge in [-0.1, -0.05) is 155 Å². The molecule has 62 heavy (non-hydrogen) atoms. The fourth-order valence-electron chi connectivity index (χ4n) is 10.8. The van der Waals surface area contributed by atoms with Crippen LogP contribution in [0.4, 0.5) is 17.1 Å². The second kappa shape index (κ2) is 13.7. The van der Waals surface area contributed by atoms with Crippen LogP contribution in [0.2, 0.25) is 0 Å². The van der Waals surface area contributed by atoms with Gasteiger partial charge in [0.15, 0.2) is 0 Å². The van der Waals surface area contributed by atoms with Crippen LogP contribution in [-0.2, 0) is 10.8 Å². The van der Waals surface area contributed by atoms with Crippen molar-refractivity contribution >= 4 is 44.6 Å². The van der Waals surface area contributed by atoms with Gasteiger partial charge < -0.3 is 9.32 Å². The van der Waals surface area contributed by atoms with E-state index >= 15 is 0 Å². The van der Waals surface area contributed by atoms with Gasteiger partial charge >= 0.3 is 0 Å². The van der Waals surface area contributed by atoms with Crippen molar-refractivity contribution in [1.82, 2.24) is 0 Å². The minimum absolute atomic E-state index is 0.0450. The number of hydrogen-bond acceptors (Lipinski definition) is 2. The van der Waals surface area contributed by atoms with E-state index in [0.717, 1.165) is 41.1 Å². The zero-order valence-corrected chi connectivity index (χ0v) is 35.7. The predicted octanol–water partition coefficient (Wildman–Crippen LogP) is 16.8. The highest BCUT2D eigenvalue weighted by atomic mass is 16.3. The zero-order chi connectivity index (χ0) is 41.7. The van der Waals surface area contributed by atoms with E-state index in [4.69, 9.17) is 4.42 Å². The van der Waals surface area contributed by atoms with Crippen molar-refractivity contribution in [2.45, 2.75) is 51.4 Å². The van der Waals surface area contributed by atoms with E-state index in [9.17, 15) is 0 Å². The molecule has 0 fully saturated rings. The summed E-state index contributed by atoms with van der Waals surface area (Å²) in [5, 5.41) is 2.36. The molecule has 1 aromatic heterocycles. The van der Waals surface area contributed by atoms with Crippen LogP contribution in [0.25, 0.3) is 72.0 Å². The lowest BCUT2D eigenvalue weighted by Gasteiger charge is -2.27. The highest BCUT2D eigenvalue weighted by Gasteiger charge is 2.38. The summed E-state index contributed by atoms with van der Waals surface area (Å²) in [6.45, 7) is 9.50. The maximum Gasteiger partial charge on any atom is 0.136 e. The summed E-state index contributed by atoms with van der Waals surface area (Å²) >= 11 is 0. The third-order valence-electron chi connectivity index (χ3n) is 14.2. The monoisotopic (exact) mass is 797 g/mol. The maximum atomic E-state index is 6.37. The molecule has 9 aromatic rings. The third-order valence-corrected chi connectivity index (χ3v) is 14.2. The third kappa shape index (κ3) is 5.63. The number of anilines is 3. The lowest BCUT2D eigenvalue weighted by atomic mass is 9.78. The van der Waals surface area contributed by atoms with Gasteiger partial charge in [-0.3, -0.25) is 0 Å². The molecule has 2 nitrogen and oxygen atoms in total. The quantitative estimate of drug-likeness (QED) is 0.167. The van der Waals surface area contributed by atoms with Crippen LogP contribution >= 0.6 is 0 Å². The Hall–Kier alpha value is -7.16. The summed E-state index contributed by atoms with van der Waals surface area (Å²) in [7, 11) is 0. The van der Waals surface area contributed by atoms with Gasteiger partial charge in [0.1, 0.15) is 11.2 Å². The van der Waals surface area contributed by atoms with Gasteiger partial charge in [-0.25, -0.2) is 0 Å². The van der Waals surface area contributed by atoms with Crippen molar-refractivity contribution in [3.63, 3.8) is 0 Å². The fraction of sp³-hybridized carbons (Fsp3) is 0.133. The van der Waals surface area contributed by atoms with E-state index in [-0.39, 0.29) is 10.8 Å². The fourth-order valence-corrected chi connectivity index (χ4v) is 10.8. The Kier molecular flexibility index (Phi) is 8.09. The summed E-state index contributed by atoms with van der Waals surface area (Å²) in [4.78, 5) is 2.37. The second-order valence-electron chi connectivity index (χ2n) is 18.4. The Balaban J connectivity index is 0.898. The normalized spacial score (nSPS) is 15.4. The van der Waals surface area contributed by atoms with Crippen LogP contribution in [0.3, 0.4) is 0 Å². The molecule has 8 aromatic carbocycles. The van der Waals surface area contributed by atoms with Crippen molar-refractivity contribution in [2.24, 2.45) is 0 Å². The molecular formula is C60H47NO. The number of para-hydroxylation sites is 1. The van der Waals surface area contributed by atoms with Crippen LogP contribution < -0.4 is 4.90 Å². The molecule has 0 aliphatic heterocycles. The lowest BCUT2D eigenvalue weighted by Crippen LogP contribution is -2.17. The topological polar surface area (TPSA) is 16.4 Å². The van der Waals surface area contributed by atoms with Crippen molar-refractivity contribution in [3.8, 4) is 44.5 Å². The van der Waals surface area contributed by atoms with Gasteiger partial charge in [0.2, 0.25) is 0 Å². The van der Waals surface area contributed by atoms with Gasteiger partial charge in [0, 0.05) is 38.7 Å². The van der Waals surface area contributed by atoms with Crippen molar-refractivity contribution in [3.05, 3.63) is 216 Å². The summed E-state index contributed by atoms with van der Waals surface area (Å²) in [5.74, 6) is 0. The molecule has 0 unspecified atom stereocenters. The number of hydrogen-bond donors (Lipinski definition) is 0. The summed E-state index contributed by atoms with van der Waals surface area (Å²) < 4.78 is 6.37. The average molecular weight is 798 g/mol. The number of benzene rings is 8. The molecule has 0 saturated heterocycles. The molecule has 0 radical (unpaired) electrons. The molecule has 0 atom stereocenters. The minimum atomic E-state index is -0.114. The van der Waals surface area contributed by atoms with Crippen molar-refractivity contribution < 1.29 is 4.42 Å². The van der Waals surface area contributed by atoms with E-state index < -0.39 is 0 Å². The van der Waals surface area contributed by atoms with E-state index in [1.807, 2.05) is 6.07 Å². The Labute approximate surface area is 364 Å². The first-order chi connectivity index (χ1) is 30.2. The molecule has 0 amide bonds. The molecular weight excluding hydrogens is 751 g/mol. The maximum absolute atomic E-state index is 6.37. The van der Waals surface area contributed by atoms with E-state index in [2.05, 4.69) is 215 Å². The summed E-state index contributed by atoms with van der Waals surface area (Å²) in [6, 6.07) is 64.9. The van der Waals surface area contributed by atoms with Crippen LogP contribution in [0.15, 0.2) is 198 Å². The van der Waals surface area contributed by atoms with Gasteiger partial charge in [-0.15, -0.1) is 0 Å². The van der Waals surface area contributed by atoms with Crippen molar-refractivity contribution in [1.29, 1.82) is 0 Å². The van der Waals surface area contributed by atoms with Gasteiger partial charge in [0.25, 0.3) is 0 Å². The minimum Gasteiger partial charge on any atom is -0.456 e. The van der Waals surface area contributed by atoms with Gasteiger partial charge in [0.05, 0.1) is 0 Å². The number of furan rings is 1. The Morgan fingerprint density at radius 3 is 1.66 bits per heavy atom. The smallest absolute Gasteiger partial charge is 0.136 e. The molecule has 2 heteroatoms. The van der Waals surface area contributed by atoms with Crippen LogP contribution in [0, 0.1) is 0 Å². The van der Waals surface area contributed by atoms with E-state index in [1.165, 1.54) is 83.1 Å². The number of nitrogens with zero attached hydrogens (tertiary/aromatic N) is 1. The number of fused-ring (bicyclic) bond motifs is 8. The lowest BCUT2D eigenvalue weighted by molar-refractivity contribution is 0.607. The Bertz CT molecular complexity index is 3300. The largest absolute Gasteiger partial charge is 0.456 e. The number of rotatable bonds is 6. The molecule has 0 spiro atoms. The molecule has 3 aliphatic carbocycles. The SMILES string of the molecule is CC1(C)C2=C(C=CCC2)c2ccc(-c3ccc(N(c4ccc(-c5ccccc5)cc4)c4ccc(-c5ccc6c(c5)-c5cc7oc8ccccc8c7cc5C6(C)C)cc4)cc3)cc21. The highest BCUT2D eigenvalue weighted by molar-refractivity contribution is 6.07. The molecule has 1 heterocycles. The Morgan fingerprint density at radius 1 is 0.419 bits per heavy atom. The van der Waals surface area contributed by atoms with Crippen molar-refractivity contribution in [2.75, 3.05) is 4.90 Å². The first-order valence-electron chi connectivity index (χ1n) is 22.0. The number of allylic oxidation sites excluding steroid dienone is 4. The predicted molar refractivity (Wildman–Crippen MR) is 261 cm³/mol. The molecule has 0 N–H and O–H groups in total. The van der Waals surface area contributed by atoms with E-state index in [1.54, 1.807) is 5.57 Å². The van der Waals surface area contributed by atoms with Crippen LogP contribution in [0.1, 0.15) is 62.8 Å². The summed E-state index contributed by atoms with van der Waals surface area (Å²) in [5.41, 5.74) is 23.6. The highest BCUT2D eigenvalue weighted by Crippen LogP contribution is 2.53. The van der Waals surface area contributed by atoms with Gasteiger partial charge in [-0.05, 0) is 152 Å². The molecule has 298 valence electrons. The molecule has 0 saturated carbocycles. The standard InChI is InChI=1S/C60H47NO/c1-59(2)53-16-10-8-14-47(53)48-32-24-43(35-55(48)59)41-22-30-46(31-23-41)61(44-26-18-39(19-27-44)38-12-6-5-7-13-38)45-28-20-40(21-29-45)42-25-33-54-50(34-42)51-37-58-52(36-56(51)60(54,3)4)49-15-9-11-17-57(49)62-58/h5-9,11-15,17-37H,10,16H2,1-4H3. The first kappa shape index (κ1) is 36.7. The first-order valence-corrected chi connectivity index (χ1v) is 22.0. The molecule has 3 aliphatic rings. The Morgan fingerprint density at radius 2 is 0.968 bits per heavy atom.